The quantitative estimate of drug-likeness (QED) is 0.472. The molecule has 130 valence electrons. The van der Waals surface area contributed by atoms with Crippen molar-refractivity contribution in [2.45, 2.75) is 30.9 Å². The van der Waals surface area contributed by atoms with Gasteiger partial charge in [0.15, 0.2) is 0 Å². The van der Waals surface area contributed by atoms with Crippen LogP contribution in [0.2, 0.25) is 0 Å². The Hall–Kier alpha value is -2.60. The maximum atomic E-state index is 12.2. The zero-order valence-corrected chi connectivity index (χ0v) is 15.3. The van der Waals surface area contributed by atoms with E-state index in [9.17, 15) is 9.59 Å². The van der Waals surface area contributed by atoms with E-state index in [-0.39, 0.29) is 17.1 Å². The molecular weight excluding hydrogens is 334 g/mol. The Morgan fingerprint density at radius 1 is 1.00 bits per heavy atom. The van der Waals surface area contributed by atoms with E-state index in [1.165, 1.54) is 18.7 Å². The van der Waals surface area contributed by atoms with Crippen molar-refractivity contribution in [2.24, 2.45) is 5.10 Å². The first-order valence-corrected chi connectivity index (χ1v) is 8.77. The van der Waals surface area contributed by atoms with E-state index in [0.717, 1.165) is 16.1 Å². The van der Waals surface area contributed by atoms with Gasteiger partial charge in [-0.1, -0.05) is 30.3 Å². The molecule has 1 atom stereocenters. The predicted molar refractivity (Wildman–Crippen MR) is 103 cm³/mol. The van der Waals surface area contributed by atoms with E-state index in [1.54, 1.807) is 12.1 Å². The smallest absolute Gasteiger partial charge is 0.253 e. The Labute approximate surface area is 151 Å². The van der Waals surface area contributed by atoms with Gasteiger partial charge in [-0.2, -0.15) is 5.10 Å². The lowest BCUT2D eigenvalue weighted by atomic mass is 10.1. The number of anilines is 1. The number of carbonyl (C=O) groups excluding carboxylic acids is 2. The molecule has 2 amide bonds. The van der Waals surface area contributed by atoms with E-state index in [1.807, 2.05) is 56.3 Å². The van der Waals surface area contributed by atoms with Gasteiger partial charge in [-0.15, -0.1) is 11.8 Å². The third kappa shape index (κ3) is 6.08. The minimum Gasteiger partial charge on any atom is -0.326 e. The SMILES string of the molecule is CC(=O)Nc1ccc(C(C)=NNC(=O)C(C)Sc2ccccc2)cc1. The Morgan fingerprint density at radius 2 is 1.64 bits per heavy atom. The van der Waals surface area contributed by atoms with Crippen LogP contribution in [0.15, 0.2) is 64.6 Å². The molecule has 0 spiro atoms. The molecule has 2 aromatic rings. The molecule has 0 saturated carbocycles. The topological polar surface area (TPSA) is 70.6 Å². The number of carbonyl (C=O) groups is 2. The second-order valence-electron chi connectivity index (χ2n) is 5.50. The molecule has 2 N–H and O–H groups in total. The van der Waals surface area contributed by atoms with Crippen LogP contribution in [0, 0.1) is 0 Å². The number of nitrogens with one attached hydrogen (secondary N) is 2. The predicted octanol–water partition coefficient (Wildman–Crippen LogP) is 3.67. The molecule has 0 fully saturated rings. The third-order valence-corrected chi connectivity index (χ3v) is 4.49. The standard InChI is InChI=1S/C19H21N3O2S/c1-13(16-9-11-17(12-10-16)20-15(3)23)21-22-19(24)14(2)25-18-7-5-4-6-8-18/h4-12,14H,1-3H3,(H,20,23)(H,22,24). The average molecular weight is 355 g/mol. The molecule has 0 bridgehead atoms. The first kappa shape index (κ1) is 18.7. The third-order valence-electron chi connectivity index (χ3n) is 3.38. The number of benzene rings is 2. The van der Waals surface area contributed by atoms with Crippen LogP contribution in [-0.4, -0.2) is 22.8 Å². The Balaban J connectivity index is 1.93. The van der Waals surface area contributed by atoms with Crippen LogP contribution >= 0.6 is 11.8 Å². The molecule has 0 radical (unpaired) electrons. The van der Waals surface area contributed by atoms with Crippen molar-refractivity contribution in [3.05, 3.63) is 60.2 Å². The average Bonchev–Trinajstić information content (AvgIpc) is 2.60. The molecule has 25 heavy (non-hydrogen) atoms. The Morgan fingerprint density at radius 3 is 2.24 bits per heavy atom. The van der Waals surface area contributed by atoms with E-state index < -0.39 is 0 Å². The van der Waals surface area contributed by atoms with Crippen molar-refractivity contribution >= 4 is 35.0 Å². The Kier molecular flexibility index (Phi) is 6.77. The molecule has 0 heterocycles. The van der Waals surface area contributed by atoms with Crippen molar-refractivity contribution < 1.29 is 9.59 Å². The van der Waals surface area contributed by atoms with E-state index in [4.69, 9.17) is 0 Å². The minimum absolute atomic E-state index is 0.115. The fourth-order valence-corrected chi connectivity index (χ4v) is 2.93. The highest BCUT2D eigenvalue weighted by Gasteiger charge is 2.13. The number of hydrazone groups is 1. The summed E-state index contributed by atoms with van der Waals surface area (Å²) in [4.78, 5) is 24.2. The number of hydrogen-bond donors (Lipinski definition) is 2. The summed E-state index contributed by atoms with van der Waals surface area (Å²) in [6.07, 6.45) is 0. The molecule has 0 saturated heterocycles. The van der Waals surface area contributed by atoms with Crippen molar-refractivity contribution in [3.8, 4) is 0 Å². The Bertz CT molecular complexity index is 758. The number of hydrogen-bond acceptors (Lipinski definition) is 4. The molecule has 0 aliphatic rings. The van der Waals surface area contributed by atoms with Crippen LogP contribution in [0.4, 0.5) is 5.69 Å². The second kappa shape index (κ2) is 9.03. The minimum atomic E-state index is -0.249. The first-order valence-electron chi connectivity index (χ1n) is 7.89. The highest BCUT2D eigenvalue weighted by atomic mass is 32.2. The van der Waals surface area contributed by atoms with Crippen LogP contribution in [-0.2, 0) is 9.59 Å². The molecular formula is C19H21N3O2S. The van der Waals surface area contributed by atoms with Gasteiger partial charge in [0.2, 0.25) is 5.91 Å². The zero-order chi connectivity index (χ0) is 18.2. The number of nitrogens with zero attached hydrogens (tertiary/aromatic N) is 1. The van der Waals surface area contributed by atoms with Crippen LogP contribution in [0.5, 0.6) is 0 Å². The normalized spacial score (nSPS) is 12.4. The van der Waals surface area contributed by atoms with Gasteiger partial charge in [0.05, 0.1) is 11.0 Å². The zero-order valence-electron chi connectivity index (χ0n) is 14.4. The summed E-state index contributed by atoms with van der Waals surface area (Å²) >= 11 is 1.49. The first-order chi connectivity index (χ1) is 12.0. The summed E-state index contributed by atoms with van der Waals surface area (Å²) in [5.41, 5.74) is 4.90. The van der Waals surface area contributed by atoms with Crippen molar-refractivity contribution in [3.63, 3.8) is 0 Å². The molecule has 2 rings (SSSR count). The maximum Gasteiger partial charge on any atom is 0.253 e. The van der Waals surface area contributed by atoms with E-state index in [0.29, 0.717) is 5.71 Å². The van der Waals surface area contributed by atoms with Gasteiger partial charge in [0, 0.05) is 17.5 Å². The van der Waals surface area contributed by atoms with Gasteiger partial charge in [0.25, 0.3) is 5.91 Å². The van der Waals surface area contributed by atoms with Gasteiger partial charge in [0.1, 0.15) is 0 Å². The maximum absolute atomic E-state index is 12.2. The molecule has 5 nitrogen and oxygen atoms in total. The summed E-state index contributed by atoms with van der Waals surface area (Å²) in [6.45, 7) is 5.13. The molecule has 2 aromatic carbocycles. The van der Waals surface area contributed by atoms with E-state index in [2.05, 4.69) is 15.8 Å². The summed E-state index contributed by atoms with van der Waals surface area (Å²) in [7, 11) is 0. The van der Waals surface area contributed by atoms with E-state index >= 15 is 0 Å². The van der Waals surface area contributed by atoms with Crippen LogP contribution in [0.25, 0.3) is 0 Å². The fraction of sp³-hybridized carbons (Fsp3) is 0.211. The lowest BCUT2D eigenvalue weighted by Gasteiger charge is -2.10. The summed E-state index contributed by atoms with van der Waals surface area (Å²) in [5.74, 6) is -0.265. The monoisotopic (exact) mass is 355 g/mol. The van der Waals surface area contributed by atoms with Crippen molar-refractivity contribution in [2.75, 3.05) is 5.32 Å². The largest absolute Gasteiger partial charge is 0.326 e. The van der Waals surface area contributed by atoms with Gasteiger partial charge in [-0.25, -0.2) is 5.43 Å². The number of thioether (sulfide) groups is 1. The summed E-state index contributed by atoms with van der Waals surface area (Å²) in [5, 5.41) is 6.62. The number of amides is 2. The van der Waals surface area contributed by atoms with Crippen molar-refractivity contribution in [1.29, 1.82) is 0 Å². The van der Waals surface area contributed by atoms with Gasteiger partial charge in [-0.05, 0) is 43.7 Å². The fourth-order valence-electron chi connectivity index (χ4n) is 2.05. The lowest BCUT2D eigenvalue weighted by molar-refractivity contribution is -0.120. The van der Waals surface area contributed by atoms with Crippen LogP contribution in [0.3, 0.4) is 0 Å². The highest BCUT2D eigenvalue weighted by Crippen LogP contribution is 2.22. The molecule has 0 aliphatic heterocycles. The van der Waals surface area contributed by atoms with Crippen LogP contribution in [0.1, 0.15) is 26.3 Å². The van der Waals surface area contributed by atoms with Gasteiger partial charge >= 0.3 is 0 Å². The van der Waals surface area contributed by atoms with Gasteiger partial charge < -0.3 is 5.32 Å². The molecule has 0 aromatic heterocycles. The molecule has 1 unspecified atom stereocenters. The van der Waals surface area contributed by atoms with Gasteiger partial charge in [-0.3, -0.25) is 9.59 Å². The lowest BCUT2D eigenvalue weighted by Crippen LogP contribution is -2.27. The summed E-state index contributed by atoms with van der Waals surface area (Å²) in [6, 6.07) is 17.1. The van der Waals surface area contributed by atoms with Crippen LogP contribution < -0.4 is 10.7 Å². The summed E-state index contributed by atoms with van der Waals surface area (Å²) < 4.78 is 0. The van der Waals surface area contributed by atoms with Crippen molar-refractivity contribution in [1.82, 2.24) is 5.43 Å². The second-order valence-corrected chi connectivity index (χ2v) is 6.92. The number of rotatable bonds is 6. The highest BCUT2D eigenvalue weighted by molar-refractivity contribution is 8.00. The molecule has 0 aliphatic carbocycles. The molecule has 6 heteroatoms.